The molecule has 0 radical (unpaired) electrons. The Hall–Kier alpha value is -1.61. The van der Waals surface area contributed by atoms with E-state index >= 15 is 0 Å². The maximum Gasteiger partial charge on any atom is 0.150 e. The molecule has 1 aromatic carbocycles. The molecule has 1 aliphatic carbocycles. The molecule has 1 atom stereocenters. The SMILES string of the molecule is c1ccc(C(NCc2ccno2)C2CCCCC2)cc1. The van der Waals surface area contributed by atoms with Gasteiger partial charge in [-0.15, -0.1) is 0 Å². The highest BCUT2D eigenvalue weighted by Gasteiger charge is 2.24. The fourth-order valence-electron chi connectivity index (χ4n) is 3.23. The molecular weight excluding hydrogens is 248 g/mol. The molecule has 1 fully saturated rings. The van der Waals surface area contributed by atoms with Crippen molar-refractivity contribution >= 4 is 0 Å². The summed E-state index contributed by atoms with van der Waals surface area (Å²) < 4.78 is 5.19. The van der Waals surface area contributed by atoms with Crippen LogP contribution in [0.2, 0.25) is 0 Å². The van der Waals surface area contributed by atoms with Crippen LogP contribution < -0.4 is 5.32 Å². The van der Waals surface area contributed by atoms with Gasteiger partial charge in [-0.1, -0.05) is 54.8 Å². The molecule has 0 saturated heterocycles. The quantitative estimate of drug-likeness (QED) is 0.889. The number of nitrogens with one attached hydrogen (secondary N) is 1. The first-order valence-electron chi connectivity index (χ1n) is 7.61. The zero-order valence-electron chi connectivity index (χ0n) is 11.8. The monoisotopic (exact) mass is 270 g/mol. The van der Waals surface area contributed by atoms with Crippen molar-refractivity contribution in [2.24, 2.45) is 5.92 Å². The van der Waals surface area contributed by atoms with Gasteiger partial charge >= 0.3 is 0 Å². The fraction of sp³-hybridized carbons (Fsp3) is 0.471. The maximum absolute atomic E-state index is 5.19. The molecule has 1 aliphatic rings. The first-order chi connectivity index (χ1) is 9.93. The molecule has 0 spiro atoms. The van der Waals surface area contributed by atoms with Crippen LogP contribution in [0.15, 0.2) is 47.1 Å². The highest BCUT2D eigenvalue weighted by molar-refractivity contribution is 5.20. The van der Waals surface area contributed by atoms with Gasteiger partial charge in [0.1, 0.15) is 5.76 Å². The number of rotatable bonds is 5. The third-order valence-electron chi connectivity index (χ3n) is 4.27. The Labute approximate surface area is 120 Å². The molecule has 2 aromatic rings. The fourth-order valence-corrected chi connectivity index (χ4v) is 3.23. The van der Waals surface area contributed by atoms with Gasteiger partial charge in [-0.2, -0.15) is 0 Å². The molecule has 1 heterocycles. The lowest BCUT2D eigenvalue weighted by atomic mass is 9.81. The van der Waals surface area contributed by atoms with Crippen LogP contribution in [0.4, 0.5) is 0 Å². The molecule has 1 saturated carbocycles. The first-order valence-corrected chi connectivity index (χ1v) is 7.61. The molecule has 106 valence electrons. The highest BCUT2D eigenvalue weighted by atomic mass is 16.5. The third-order valence-corrected chi connectivity index (χ3v) is 4.27. The second-order valence-electron chi connectivity index (χ2n) is 5.65. The van der Waals surface area contributed by atoms with E-state index in [1.165, 1.54) is 37.7 Å². The van der Waals surface area contributed by atoms with Crippen molar-refractivity contribution in [3.63, 3.8) is 0 Å². The lowest BCUT2D eigenvalue weighted by molar-refractivity contribution is 0.261. The van der Waals surface area contributed by atoms with Crippen molar-refractivity contribution in [2.75, 3.05) is 0 Å². The summed E-state index contributed by atoms with van der Waals surface area (Å²) in [6.07, 6.45) is 8.46. The Morgan fingerprint density at radius 2 is 1.90 bits per heavy atom. The van der Waals surface area contributed by atoms with Gasteiger partial charge in [-0.05, 0) is 24.3 Å². The van der Waals surface area contributed by atoms with Crippen LogP contribution in [0, 0.1) is 5.92 Å². The van der Waals surface area contributed by atoms with Crippen LogP contribution >= 0.6 is 0 Å². The summed E-state index contributed by atoms with van der Waals surface area (Å²) >= 11 is 0. The molecule has 0 aliphatic heterocycles. The predicted octanol–water partition coefficient (Wildman–Crippen LogP) is 4.09. The van der Waals surface area contributed by atoms with E-state index in [9.17, 15) is 0 Å². The number of hydrogen-bond acceptors (Lipinski definition) is 3. The van der Waals surface area contributed by atoms with Crippen molar-refractivity contribution in [2.45, 2.75) is 44.7 Å². The number of nitrogens with zero attached hydrogens (tertiary/aromatic N) is 1. The van der Waals surface area contributed by atoms with Gasteiger partial charge in [0.05, 0.1) is 12.7 Å². The molecule has 1 unspecified atom stereocenters. The van der Waals surface area contributed by atoms with Crippen LogP contribution in [0.3, 0.4) is 0 Å². The number of hydrogen-bond donors (Lipinski definition) is 1. The van der Waals surface area contributed by atoms with Gasteiger partial charge in [0.2, 0.25) is 0 Å². The molecule has 20 heavy (non-hydrogen) atoms. The third kappa shape index (κ3) is 3.28. The van der Waals surface area contributed by atoms with Gasteiger partial charge in [0, 0.05) is 12.1 Å². The second kappa shape index (κ2) is 6.71. The van der Waals surface area contributed by atoms with E-state index in [1.54, 1.807) is 6.20 Å². The average molecular weight is 270 g/mol. The lowest BCUT2D eigenvalue weighted by Gasteiger charge is -2.31. The normalized spacial score (nSPS) is 18.0. The molecule has 3 rings (SSSR count). The van der Waals surface area contributed by atoms with E-state index < -0.39 is 0 Å². The van der Waals surface area contributed by atoms with Crippen LogP contribution in [0.5, 0.6) is 0 Å². The topological polar surface area (TPSA) is 38.1 Å². The standard InChI is InChI=1S/C17H22N2O/c1-3-7-14(8-4-1)17(15-9-5-2-6-10-15)18-13-16-11-12-19-20-16/h1,3-4,7-8,11-12,15,17-18H,2,5-6,9-10,13H2. The average Bonchev–Trinajstić information content (AvgIpc) is 3.03. The summed E-state index contributed by atoms with van der Waals surface area (Å²) in [6, 6.07) is 13.1. The Kier molecular flexibility index (Phi) is 4.49. The maximum atomic E-state index is 5.19. The molecule has 0 amide bonds. The summed E-state index contributed by atoms with van der Waals surface area (Å²) in [7, 11) is 0. The Morgan fingerprint density at radius 3 is 2.60 bits per heavy atom. The summed E-state index contributed by atoms with van der Waals surface area (Å²) in [6.45, 7) is 0.746. The molecule has 0 bridgehead atoms. The van der Waals surface area contributed by atoms with Gasteiger partial charge < -0.3 is 9.84 Å². The Balaban J connectivity index is 1.72. The van der Waals surface area contributed by atoms with Crippen molar-refractivity contribution in [3.05, 3.63) is 53.9 Å². The summed E-state index contributed by atoms with van der Waals surface area (Å²) in [5.41, 5.74) is 1.39. The van der Waals surface area contributed by atoms with E-state index in [4.69, 9.17) is 4.52 Å². The zero-order chi connectivity index (χ0) is 13.6. The minimum Gasteiger partial charge on any atom is -0.360 e. The van der Waals surface area contributed by atoms with Crippen molar-refractivity contribution in [1.82, 2.24) is 10.5 Å². The van der Waals surface area contributed by atoms with E-state index in [0.717, 1.165) is 18.2 Å². The van der Waals surface area contributed by atoms with E-state index in [0.29, 0.717) is 6.04 Å². The van der Waals surface area contributed by atoms with E-state index in [2.05, 4.69) is 40.8 Å². The summed E-state index contributed by atoms with van der Waals surface area (Å²) in [5, 5.41) is 7.44. The second-order valence-corrected chi connectivity index (χ2v) is 5.65. The van der Waals surface area contributed by atoms with Crippen molar-refractivity contribution < 1.29 is 4.52 Å². The van der Waals surface area contributed by atoms with E-state index in [-0.39, 0.29) is 0 Å². The van der Waals surface area contributed by atoms with Gasteiger partial charge in [-0.3, -0.25) is 0 Å². The number of aromatic nitrogens is 1. The minimum atomic E-state index is 0.418. The Morgan fingerprint density at radius 1 is 1.10 bits per heavy atom. The molecule has 1 N–H and O–H groups in total. The molecular formula is C17H22N2O. The van der Waals surface area contributed by atoms with Crippen molar-refractivity contribution in [3.8, 4) is 0 Å². The van der Waals surface area contributed by atoms with Crippen LogP contribution in [-0.4, -0.2) is 5.16 Å². The largest absolute Gasteiger partial charge is 0.360 e. The van der Waals surface area contributed by atoms with Crippen molar-refractivity contribution in [1.29, 1.82) is 0 Å². The summed E-state index contributed by atoms with van der Waals surface area (Å²) in [5.74, 6) is 1.64. The molecule has 3 nitrogen and oxygen atoms in total. The van der Waals surface area contributed by atoms with Gasteiger partial charge in [0.25, 0.3) is 0 Å². The predicted molar refractivity (Wildman–Crippen MR) is 79.1 cm³/mol. The van der Waals surface area contributed by atoms with Crippen LogP contribution in [0.25, 0.3) is 0 Å². The van der Waals surface area contributed by atoms with Crippen LogP contribution in [0.1, 0.15) is 49.5 Å². The summed E-state index contributed by atoms with van der Waals surface area (Å²) in [4.78, 5) is 0. The van der Waals surface area contributed by atoms with E-state index in [1.807, 2.05) is 6.07 Å². The van der Waals surface area contributed by atoms with Gasteiger partial charge in [-0.25, -0.2) is 0 Å². The van der Waals surface area contributed by atoms with Gasteiger partial charge in [0.15, 0.2) is 0 Å². The highest BCUT2D eigenvalue weighted by Crippen LogP contribution is 2.34. The molecule has 3 heteroatoms. The lowest BCUT2D eigenvalue weighted by Crippen LogP contribution is -2.29. The van der Waals surface area contributed by atoms with Crippen LogP contribution in [-0.2, 0) is 6.54 Å². The number of benzene rings is 1. The molecule has 1 aromatic heterocycles. The zero-order valence-corrected chi connectivity index (χ0v) is 11.8. The minimum absolute atomic E-state index is 0.418. The Bertz CT molecular complexity index is 489. The smallest absolute Gasteiger partial charge is 0.150 e. The first kappa shape index (κ1) is 13.4.